The van der Waals surface area contributed by atoms with E-state index in [0.29, 0.717) is 107 Å². The van der Waals surface area contributed by atoms with Crippen LogP contribution in [0.5, 0.6) is 0 Å². The molecule has 2 fully saturated rings. The first kappa shape index (κ1) is 42.4. The number of benzene rings is 2. The van der Waals surface area contributed by atoms with Crippen molar-refractivity contribution in [3.63, 3.8) is 0 Å². The van der Waals surface area contributed by atoms with Crippen LogP contribution in [0, 0.1) is 0 Å². The van der Waals surface area contributed by atoms with Gasteiger partial charge in [0.05, 0.1) is 24.2 Å². The van der Waals surface area contributed by atoms with Crippen LogP contribution in [0.2, 0.25) is 0 Å². The molecule has 60 heavy (non-hydrogen) atoms. The van der Waals surface area contributed by atoms with Crippen molar-refractivity contribution >= 4 is 23.6 Å². The van der Waals surface area contributed by atoms with Gasteiger partial charge in [0, 0.05) is 70.7 Å². The normalized spacial score (nSPS) is 17.7. The fraction of sp³-hybridized carbons (Fsp3) is 0.476. The van der Waals surface area contributed by atoms with Crippen LogP contribution in [-0.2, 0) is 47.9 Å². The second-order valence-corrected chi connectivity index (χ2v) is 15.5. The predicted octanol–water partition coefficient (Wildman–Crippen LogP) is 7.24. The molecule has 320 valence electrons. The van der Waals surface area contributed by atoms with E-state index in [0.717, 1.165) is 17.7 Å². The Labute approximate surface area is 341 Å². The average molecular weight is 843 g/mol. The van der Waals surface area contributed by atoms with Crippen LogP contribution in [0.1, 0.15) is 117 Å². The molecule has 8 rings (SSSR count). The quantitative estimate of drug-likeness (QED) is 0.197. The van der Waals surface area contributed by atoms with E-state index in [4.69, 9.17) is 9.05 Å². The average Bonchev–Trinajstić information content (AvgIpc) is 3.87. The highest BCUT2D eigenvalue weighted by Gasteiger charge is 2.39. The Morgan fingerprint density at radius 3 is 1.43 bits per heavy atom. The fourth-order valence-corrected chi connectivity index (χ4v) is 8.62. The molecule has 4 amide bonds. The minimum Gasteiger partial charge on any atom is -0.360 e. The van der Waals surface area contributed by atoms with E-state index in [1.807, 2.05) is 0 Å². The number of nitrogens with zero attached hydrogens (tertiary/aromatic N) is 6. The van der Waals surface area contributed by atoms with Crippen LogP contribution < -0.4 is 0 Å². The summed E-state index contributed by atoms with van der Waals surface area (Å²) in [5.74, 6) is -0.0746. The van der Waals surface area contributed by atoms with Crippen LogP contribution in [0.4, 0.5) is 26.3 Å². The monoisotopic (exact) mass is 842 g/mol. The lowest BCUT2D eigenvalue weighted by molar-refractivity contribution is -0.139. The number of carbonyl (C=O) groups excluding carboxylic acids is 4. The van der Waals surface area contributed by atoms with Gasteiger partial charge < -0.3 is 28.6 Å². The molecule has 4 aliphatic heterocycles. The predicted molar refractivity (Wildman–Crippen MR) is 201 cm³/mol. The first-order valence-electron chi connectivity index (χ1n) is 19.9. The Balaban J connectivity index is 0.000000181. The summed E-state index contributed by atoms with van der Waals surface area (Å²) in [6.45, 7) is 5.95. The molecule has 0 bridgehead atoms. The lowest BCUT2D eigenvalue weighted by Gasteiger charge is -2.33. The van der Waals surface area contributed by atoms with Gasteiger partial charge in [0.25, 0.3) is 11.8 Å². The number of halogens is 6. The van der Waals surface area contributed by atoms with Gasteiger partial charge in [0.1, 0.15) is 5.76 Å². The minimum absolute atomic E-state index is 0.0638. The summed E-state index contributed by atoms with van der Waals surface area (Å²) in [6, 6.07) is 11.3. The number of hydrogen-bond acceptors (Lipinski definition) is 8. The highest BCUT2D eigenvalue weighted by molar-refractivity contribution is 5.94. The Hall–Kier alpha value is -5.68. The molecule has 0 atom stereocenters. The third-order valence-electron chi connectivity index (χ3n) is 11.9. The summed E-state index contributed by atoms with van der Waals surface area (Å²) in [5.41, 5.74) is 1.17. The van der Waals surface area contributed by atoms with E-state index in [1.54, 1.807) is 31.7 Å². The number of rotatable bonds is 4. The topological polar surface area (TPSA) is 133 Å². The second-order valence-electron chi connectivity index (χ2n) is 15.5. The zero-order chi connectivity index (χ0) is 42.9. The molecular formula is C42H44F6N6O6. The van der Waals surface area contributed by atoms with E-state index in [1.165, 1.54) is 38.1 Å². The van der Waals surface area contributed by atoms with E-state index in [2.05, 4.69) is 10.3 Å². The number of alkyl halides is 6. The number of fused-ring (bicyclic) bond motifs is 2. The van der Waals surface area contributed by atoms with E-state index >= 15 is 0 Å². The maximum absolute atomic E-state index is 13.3. The molecule has 0 spiro atoms. The summed E-state index contributed by atoms with van der Waals surface area (Å²) in [6.07, 6.45) is -5.99. The molecular weight excluding hydrogens is 798 g/mol. The summed E-state index contributed by atoms with van der Waals surface area (Å²) in [7, 11) is 0. The van der Waals surface area contributed by atoms with Gasteiger partial charge in [0.15, 0.2) is 17.1 Å². The van der Waals surface area contributed by atoms with Crippen molar-refractivity contribution in [2.75, 3.05) is 39.3 Å². The summed E-state index contributed by atoms with van der Waals surface area (Å²) >= 11 is 0. The van der Waals surface area contributed by atoms with Gasteiger partial charge >= 0.3 is 12.4 Å². The third kappa shape index (κ3) is 8.92. The van der Waals surface area contributed by atoms with Crippen molar-refractivity contribution in [2.24, 2.45) is 0 Å². The molecule has 4 aliphatic rings. The number of hydrogen-bond donors (Lipinski definition) is 0. The first-order valence-corrected chi connectivity index (χ1v) is 19.9. The Bertz CT molecular complexity index is 2240. The molecule has 4 aromatic rings. The fourth-order valence-electron chi connectivity index (χ4n) is 8.62. The highest BCUT2D eigenvalue weighted by Crippen LogP contribution is 2.40. The maximum atomic E-state index is 13.3. The minimum atomic E-state index is -4.40. The van der Waals surface area contributed by atoms with E-state index < -0.39 is 23.5 Å². The van der Waals surface area contributed by atoms with Gasteiger partial charge in [-0.2, -0.15) is 26.3 Å². The highest BCUT2D eigenvalue weighted by atomic mass is 19.4. The lowest BCUT2D eigenvalue weighted by Crippen LogP contribution is -2.40. The number of aromatic nitrogens is 2. The van der Waals surface area contributed by atoms with Crippen molar-refractivity contribution in [3.8, 4) is 0 Å². The zero-order valence-corrected chi connectivity index (χ0v) is 33.1. The summed E-state index contributed by atoms with van der Waals surface area (Å²) in [5, 5.41) is 7.87. The van der Waals surface area contributed by atoms with Gasteiger partial charge in [-0.25, -0.2) is 0 Å². The molecule has 2 aromatic heterocycles. The third-order valence-corrected chi connectivity index (χ3v) is 11.9. The zero-order valence-electron chi connectivity index (χ0n) is 33.1. The van der Waals surface area contributed by atoms with Crippen LogP contribution in [0.15, 0.2) is 57.6 Å². The van der Waals surface area contributed by atoms with Gasteiger partial charge in [-0.1, -0.05) is 46.7 Å². The summed E-state index contributed by atoms with van der Waals surface area (Å²) in [4.78, 5) is 55.7. The molecule has 18 heteroatoms. The maximum Gasteiger partial charge on any atom is 0.416 e. The molecule has 2 saturated heterocycles. The molecule has 0 unspecified atom stereocenters. The van der Waals surface area contributed by atoms with Crippen molar-refractivity contribution in [3.05, 3.63) is 105 Å². The number of piperidine rings is 2. The standard InChI is InChI=1S/2C21H22F3N3O3/c1-13(28)27-11-8-18-16(12-27)19(25-30-18)20(29)26-9-6-14(7-10-26)15-4-2-3-5-17(15)21(22,23)24;1-13(28)27-11-8-16-18(12-27)30-25-19(16)20(29)26-9-6-14(7-10-26)15-4-2-3-5-17(15)21(22,23)24/h2*2-5,14H,6-12H2,1H3. The Morgan fingerprint density at radius 1 is 0.550 bits per heavy atom. The number of carbonyl (C=O) groups is 4. The Kier molecular flexibility index (Phi) is 12.1. The number of likely N-dealkylation sites (tertiary alicyclic amines) is 2. The molecule has 0 aliphatic carbocycles. The molecule has 0 radical (unpaired) electrons. The van der Waals surface area contributed by atoms with Crippen LogP contribution in [0.3, 0.4) is 0 Å². The lowest BCUT2D eigenvalue weighted by atomic mass is 9.86. The second kappa shape index (κ2) is 17.1. The molecule has 0 saturated carbocycles. The molecule has 2 aromatic carbocycles. The summed E-state index contributed by atoms with van der Waals surface area (Å²) < 4.78 is 90.6. The molecule has 6 heterocycles. The van der Waals surface area contributed by atoms with Gasteiger partial charge in [-0.15, -0.1) is 0 Å². The number of amides is 4. The van der Waals surface area contributed by atoms with Crippen molar-refractivity contribution in [1.82, 2.24) is 29.9 Å². The van der Waals surface area contributed by atoms with Crippen LogP contribution >= 0.6 is 0 Å². The van der Waals surface area contributed by atoms with E-state index in [9.17, 15) is 45.5 Å². The molecule has 0 N–H and O–H groups in total. The van der Waals surface area contributed by atoms with Crippen LogP contribution in [-0.4, -0.2) is 92.8 Å². The van der Waals surface area contributed by atoms with Crippen molar-refractivity contribution in [2.45, 2.75) is 89.7 Å². The Morgan fingerprint density at radius 2 is 0.967 bits per heavy atom. The smallest absolute Gasteiger partial charge is 0.360 e. The first-order chi connectivity index (χ1) is 28.5. The van der Waals surface area contributed by atoms with Gasteiger partial charge in [-0.05, 0) is 67.2 Å². The van der Waals surface area contributed by atoms with Gasteiger partial charge in [0.2, 0.25) is 11.8 Å². The van der Waals surface area contributed by atoms with Gasteiger partial charge in [-0.3, -0.25) is 19.2 Å². The van der Waals surface area contributed by atoms with Crippen molar-refractivity contribution in [1.29, 1.82) is 0 Å². The van der Waals surface area contributed by atoms with Crippen LogP contribution in [0.25, 0.3) is 0 Å². The van der Waals surface area contributed by atoms with E-state index in [-0.39, 0.29) is 59.0 Å². The largest absolute Gasteiger partial charge is 0.416 e. The molecule has 12 nitrogen and oxygen atoms in total. The SMILES string of the molecule is CC(=O)N1CCc2c(C(=O)N3CCC(c4ccccc4C(F)(F)F)CC3)noc2C1.CC(=O)N1CCc2onc(C(=O)N3CCC(c4ccccc4C(F)(F)F)CC3)c2C1. The van der Waals surface area contributed by atoms with Crippen molar-refractivity contribution < 1.29 is 54.6 Å².